The van der Waals surface area contributed by atoms with Crippen LogP contribution in [0, 0.1) is 0 Å². The second-order valence-corrected chi connectivity index (χ2v) is 6.47. The number of nitrogens with one attached hydrogen (secondary N) is 1. The highest BCUT2D eigenvalue weighted by Crippen LogP contribution is 2.34. The molecule has 3 unspecified atom stereocenters. The third-order valence-corrected chi connectivity index (χ3v) is 4.55. The molecule has 1 aromatic rings. The third kappa shape index (κ3) is 2.61. The first kappa shape index (κ1) is 11.6. The number of thiophene rings is 1. The minimum atomic E-state index is 0.329. The maximum atomic E-state index is 5.91. The van der Waals surface area contributed by atoms with Crippen molar-refractivity contribution in [1.29, 1.82) is 0 Å². The first-order valence-electron chi connectivity index (χ1n) is 5.28. The molecule has 1 N–H and O–H groups in total. The Morgan fingerprint density at radius 3 is 2.80 bits per heavy atom. The molecule has 0 aliphatic carbocycles. The average molecular weight is 290 g/mol. The molecule has 1 saturated heterocycles. The molecular weight excluding hydrogens is 274 g/mol. The lowest BCUT2D eigenvalue weighted by Gasteiger charge is -2.21. The predicted octanol–water partition coefficient (Wildman–Crippen LogP) is 3.34. The molecular formula is C11H16BrNOS. The van der Waals surface area contributed by atoms with Gasteiger partial charge in [-0.25, -0.2) is 0 Å². The summed E-state index contributed by atoms with van der Waals surface area (Å²) >= 11 is 5.28. The molecule has 2 rings (SSSR count). The number of hydrogen-bond donors (Lipinski definition) is 1. The van der Waals surface area contributed by atoms with Gasteiger partial charge in [0.25, 0.3) is 0 Å². The Hall–Kier alpha value is 0.1000. The van der Waals surface area contributed by atoms with E-state index in [1.807, 2.05) is 7.05 Å². The standard InChI is InChI=1S/C11H16BrNOS/c1-7-3-4-8(14-7)11(13-2)9-5-6-10(12)15-9/h5-8,11,13H,3-4H2,1-2H3. The molecule has 15 heavy (non-hydrogen) atoms. The van der Waals surface area contributed by atoms with E-state index in [0.29, 0.717) is 18.2 Å². The van der Waals surface area contributed by atoms with Crippen molar-refractivity contribution in [2.24, 2.45) is 0 Å². The highest BCUT2D eigenvalue weighted by Gasteiger charge is 2.30. The molecule has 2 heterocycles. The third-order valence-electron chi connectivity index (χ3n) is 2.85. The van der Waals surface area contributed by atoms with Crippen LogP contribution in [0.25, 0.3) is 0 Å². The van der Waals surface area contributed by atoms with Gasteiger partial charge in [0.05, 0.1) is 22.0 Å². The normalized spacial score (nSPS) is 28.2. The lowest BCUT2D eigenvalue weighted by Crippen LogP contribution is -2.28. The molecule has 2 nitrogen and oxygen atoms in total. The van der Waals surface area contributed by atoms with Crippen molar-refractivity contribution in [2.45, 2.75) is 38.0 Å². The quantitative estimate of drug-likeness (QED) is 0.922. The van der Waals surface area contributed by atoms with E-state index in [1.54, 1.807) is 11.3 Å². The van der Waals surface area contributed by atoms with Crippen LogP contribution in [0.1, 0.15) is 30.7 Å². The summed E-state index contributed by atoms with van der Waals surface area (Å²) in [5.74, 6) is 0. The van der Waals surface area contributed by atoms with Crippen molar-refractivity contribution in [2.75, 3.05) is 7.05 Å². The second kappa shape index (κ2) is 4.95. The van der Waals surface area contributed by atoms with Gasteiger partial charge in [-0.1, -0.05) is 0 Å². The first-order valence-corrected chi connectivity index (χ1v) is 6.89. The van der Waals surface area contributed by atoms with E-state index in [-0.39, 0.29) is 0 Å². The zero-order valence-corrected chi connectivity index (χ0v) is 11.4. The van der Waals surface area contributed by atoms with Crippen LogP contribution >= 0.6 is 27.3 Å². The van der Waals surface area contributed by atoms with Crippen molar-refractivity contribution in [3.05, 3.63) is 20.8 Å². The Kier molecular flexibility index (Phi) is 3.83. The topological polar surface area (TPSA) is 21.3 Å². The van der Waals surface area contributed by atoms with Crippen molar-refractivity contribution >= 4 is 27.3 Å². The van der Waals surface area contributed by atoms with Gasteiger partial charge in [0.2, 0.25) is 0 Å². The van der Waals surface area contributed by atoms with Gasteiger partial charge in [-0.05, 0) is 54.9 Å². The summed E-state index contributed by atoms with van der Waals surface area (Å²) in [5.41, 5.74) is 0. The summed E-state index contributed by atoms with van der Waals surface area (Å²) < 4.78 is 7.09. The fraction of sp³-hybridized carbons (Fsp3) is 0.636. The highest BCUT2D eigenvalue weighted by molar-refractivity contribution is 9.11. The monoisotopic (exact) mass is 289 g/mol. The summed E-state index contributed by atoms with van der Waals surface area (Å²) in [5, 5.41) is 3.36. The maximum Gasteiger partial charge on any atom is 0.0782 e. The maximum absolute atomic E-state index is 5.91. The van der Waals surface area contributed by atoms with Crippen LogP contribution in [0.5, 0.6) is 0 Å². The summed E-state index contributed by atoms with van der Waals surface area (Å²) in [7, 11) is 2.00. The first-order chi connectivity index (χ1) is 7.20. The molecule has 0 amide bonds. The zero-order valence-electron chi connectivity index (χ0n) is 9.00. The molecule has 0 aromatic carbocycles. The lowest BCUT2D eigenvalue weighted by atomic mass is 10.1. The van der Waals surface area contributed by atoms with Gasteiger partial charge in [0, 0.05) is 4.88 Å². The largest absolute Gasteiger partial charge is 0.373 e. The fourth-order valence-electron chi connectivity index (χ4n) is 2.09. The molecule has 0 saturated carbocycles. The van der Waals surface area contributed by atoms with Crippen LogP contribution in [-0.4, -0.2) is 19.3 Å². The van der Waals surface area contributed by atoms with E-state index >= 15 is 0 Å². The van der Waals surface area contributed by atoms with Gasteiger partial charge in [-0.15, -0.1) is 11.3 Å². The van der Waals surface area contributed by atoms with Gasteiger partial charge < -0.3 is 10.1 Å². The molecule has 1 aromatic heterocycles. The SMILES string of the molecule is CNC(c1ccc(Br)s1)C1CCC(C)O1. The van der Waals surface area contributed by atoms with Crippen LogP contribution in [0.4, 0.5) is 0 Å². The van der Waals surface area contributed by atoms with E-state index in [0.717, 1.165) is 6.42 Å². The van der Waals surface area contributed by atoms with Crippen molar-refractivity contribution in [1.82, 2.24) is 5.32 Å². The Morgan fingerprint density at radius 1 is 1.53 bits per heavy atom. The molecule has 1 fully saturated rings. The number of likely N-dealkylation sites (N-methyl/N-ethyl adjacent to an activating group) is 1. The lowest BCUT2D eigenvalue weighted by molar-refractivity contribution is 0.0341. The van der Waals surface area contributed by atoms with E-state index in [4.69, 9.17) is 4.74 Å². The molecule has 84 valence electrons. The smallest absolute Gasteiger partial charge is 0.0782 e. The van der Waals surface area contributed by atoms with Crippen molar-refractivity contribution < 1.29 is 4.74 Å². The van der Waals surface area contributed by atoms with E-state index in [2.05, 4.69) is 40.3 Å². The number of rotatable bonds is 3. The van der Waals surface area contributed by atoms with Gasteiger partial charge >= 0.3 is 0 Å². The van der Waals surface area contributed by atoms with Crippen LogP contribution < -0.4 is 5.32 Å². The van der Waals surface area contributed by atoms with Crippen LogP contribution in [0.2, 0.25) is 0 Å². The molecule has 1 aliphatic heterocycles. The Bertz CT molecular complexity index is 328. The van der Waals surface area contributed by atoms with Gasteiger partial charge in [0.1, 0.15) is 0 Å². The molecule has 0 bridgehead atoms. The Balaban J connectivity index is 2.10. The summed E-state index contributed by atoms with van der Waals surface area (Å²) in [4.78, 5) is 1.35. The molecule has 3 atom stereocenters. The van der Waals surface area contributed by atoms with Gasteiger partial charge in [-0.2, -0.15) is 0 Å². The van der Waals surface area contributed by atoms with Crippen molar-refractivity contribution in [3.63, 3.8) is 0 Å². The van der Waals surface area contributed by atoms with Gasteiger partial charge in [0.15, 0.2) is 0 Å². The highest BCUT2D eigenvalue weighted by atomic mass is 79.9. The number of halogens is 1. The predicted molar refractivity (Wildman–Crippen MR) is 67.4 cm³/mol. The second-order valence-electron chi connectivity index (χ2n) is 3.97. The fourth-order valence-corrected chi connectivity index (χ4v) is 3.67. The summed E-state index contributed by atoms with van der Waals surface area (Å²) in [6.45, 7) is 2.15. The van der Waals surface area contributed by atoms with E-state index < -0.39 is 0 Å². The molecule has 1 aliphatic rings. The van der Waals surface area contributed by atoms with E-state index in [1.165, 1.54) is 15.1 Å². The minimum Gasteiger partial charge on any atom is -0.373 e. The zero-order chi connectivity index (χ0) is 10.8. The molecule has 0 spiro atoms. The number of hydrogen-bond acceptors (Lipinski definition) is 3. The Morgan fingerprint density at radius 2 is 2.33 bits per heavy atom. The van der Waals surface area contributed by atoms with Gasteiger partial charge in [-0.3, -0.25) is 0 Å². The Labute approximate surface area is 103 Å². The number of ether oxygens (including phenoxy) is 1. The van der Waals surface area contributed by atoms with Crippen LogP contribution in [-0.2, 0) is 4.74 Å². The summed E-state index contributed by atoms with van der Waals surface area (Å²) in [6, 6.07) is 4.61. The van der Waals surface area contributed by atoms with Crippen LogP contribution in [0.15, 0.2) is 15.9 Å². The summed E-state index contributed by atoms with van der Waals surface area (Å²) in [6.07, 6.45) is 3.07. The molecule has 0 radical (unpaired) electrons. The van der Waals surface area contributed by atoms with E-state index in [9.17, 15) is 0 Å². The van der Waals surface area contributed by atoms with Crippen LogP contribution in [0.3, 0.4) is 0 Å². The minimum absolute atomic E-state index is 0.329. The molecule has 4 heteroatoms. The average Bonchev–Trinajstić information content (AvgIpc) is 2.78. The van der Waals surface area contributed by atoms with Crippen molar-refractivity contribution in [3.8, 4) is 0 Å².